The van der Waals surface area contributed by atoms with Crippen molar-refractivity contribution in [1.82, 2.24) is 4.98 Å². The number of rotatable bonds is 12. The molecule has 0 saturated carbocycles. The zero-order valence-electron chi connectivity index (χ0n) is 19.6. The van der Waals surface area contributed by atoms with Crippen LogP contribution in [0.5, 0.6) is 5.75 Å². The Bertz CT molecular complexity index is 1130. The molecule has 0 saturated heterocycles. The lowest BCUT2D eigenvalue weighted by Gasteiger charge is -2.07. The summed E-state index contributed by atoms with van der Waals surface area (Å²) in [7, 11) is 0. The number of nitrogens with one attached hydrogen (secondary N) is 3. The zero-order chi connectivity index (χ0) is 25.0. The molecule has 0 unspecified atom stereocenters. The summed E-state index contributed by atoms with van der Waals surface area (Å²) in [6.45, 7) is 4.21. The van der Waals surface area contributed by atoms with Gasteiger partial charge in [-0.05, 0) is 55.0 Å². The van der Waals surface area contributed by atoms with Gasteiger partial charge in [-0.2, -0.15) is 0 Å². The van der Waals surface area contributed by atoms with Gasteiger partial charge in [-0.25, -0.2) is 4.98 Å². The van der Waals surface area contributed by atoms with Crippen molar-refractivity contribution in [3.8, 4) is 5.75 Å². The third kappa shape index (κ3) is 9.06. The van der Waals surface area contributed by atoms with Gasteiger partial charge in [-0.3, -0.25) is 19.7 Å². The van der Waals surface area contributed by atoms with Gasteiger partial charge in [0.1, 0.15) is 5.75 Å². The Balaban J connectivity index is 1.40. The highest BCUT2D eigenvalue weighted by atomic mass is 32.2. The van der Waals surface area contributed by atoms with Crippen LogP contribution in [0, 0.1) is 0 Å². The smallest absolute Gasteiger partial charge is 0.257 e. The number of carbonyl (C=O) groups excluding carboxylic acids is 3. The quantitative estimate of drug-likeness (QED) is 0.280. The second kappa shape index (κ2) is 13.5. The maximum atomic E-state index is 12.5. The van der Waals surface area contributed by atoms with Gasteiger partial charge < -0.3 is 15.4 Å². The van der Waals surface area contributed by atoms with Crippen LogP contribution in [0.1, 0.15) is 42.7 Å². The molecule has 1 heterocycles. The highest BCUT2D eigenvalue weighted by molar-refractivity contribution is 7.99. The highest BCUT2D eigenvalue weighted by Crippen LogP contribution is 2.21. The monoisotopic (exact) mass is 512 g/mol. The molecule has 0 fully saturated rings. The van der Waals surface area contributed by atoms with Crippen LogP contribution in [0.2, 0.25) is 0 Å². The number of hydrogen-bond acceptors (Lipinski definition) is 7. The SMILES string of the molecule is CCCCOc1ccc(C(=O)Nc2nc(CSCC(=O)Nc3ccc(NC(C)=O)cc3)cs2)cc1. The molecule has 35 heavy (non-hydrogen) atoms. The molecular formula is C25H28N4O4S2. The second-order valence-corrected chi connectivity index (χ2v) is 9.47. The molecule has 0 spiro atoms. The fourth-order valence-corrected chi connectivity index (χ4v) is 4.45. The Hall–Kier alpha value is -3.37. The van der Waals surface area contributed by atoms with E-state index in [1.807, 2.05) is 5.38 Å². The Morgan fingerprint density at radius 2 is 1.66 bits per heavy atom. The lowest BCUT2D eigenvalue weighted by atomic mass is 10.2. The molecule has 3 rings (SSSR count). The lowest BCUT2D eigenvalue weighted by molar-refractivity contribution is -0.114. The Labute approximate surface area is 212 Å². The van der Waals surface area contributed by atoms with Gasteiger partial charge in [0.15, 0.2) is 5.13 Å². The van der Waals surface area contributed by atoms with E-state index in [1.165, 1.54) is 30.0 Å². The van der Waals surface area contributed by atoms with Gasteiger partial charge in [0.2, 0.25) is 11.8 Å². The van der Waals surface area contributed by atoms with Gasteiger partial charge in [0, 0.05) is 35.0 Å². The number of carbonyl (C=O) groups is 3. The number of thiazole rings is 1. The maximum Gasteiger partial charge on any atom is 0.257 e. The van der Waals surface area contributed by atoms with Crippen LogP contribution in [0.15, 0.2) is 53.9 Å². The van der Waals surface area contributed by atoms with E-state index < -0.39 is 0 Å². The molecule has 8 nitrogen and oxygen atoms in total. The predicted molar refractivity (Wildman–Crippen MR) is 142 cm³/mol. The fraction of sp³-hybridized carbons (Fsp3) is 0.280. The van der Waals surface area contributed by atoms with Crippen LogP contribution < -0.4 is 20.7 Å². The number of hydrogen-bond donors (Lipinski definition) is 3. The Morgan fingerprint density at radius 1 is 0.971 bits per heavy atom. The number of aromatic nitrogens is 1. The van der Waals surface area contributed by atoms with E-state index in [4.69, 9.17) is 4.74 Å². The maximum absolute atomic E-state index is 12.5. The summed E-state index contributed by atoms with van der Waals surface area (Å²) in [4.78, 5) is 40.2. The van der Waals surface area contributed by atoms with E-state index in [2.05, 4.69) is 27.9 Å². The second-order valence-electron chi connectivity index (χ2n) is 7.62. The molecule has 0 aliphatic heterocycles. The molecule has 3 amide bonds. The zero-order valence-corrected chi connectivity index (χ0v) is 21.3. The van der Waals surface area contributed by atoms with Gasteiger partial charge >= 0.3 is 0 Å². The van der Waals surface area contributed by atoms with Gasteiger partial charge in [0.25, 0.3) is 5.91 Å². The third-order valence-electron chi connectivity index (χ3n) is 4.63. The number of anilines is 3. The Kier molecular flexibility index (Phi) is 10.1. The lowest BCUT2D eigenvalue weighted by Crippen LogP contribution is -2.14. The van der Waals surface area contributed by atoms with E-state index >= 15 is 0 Å². The molecule has 10 heteroatoms. The van der Waals surface area contributed by atoms with Crippen LogP contribution in [0.4, 0.5) is 16.5 Å². The number of nitrogens with zero attached hydrogens (tertiary/aromatic N) is 1. The van der Waals surface area contributed by atoms with Crippen molar-refractivity contribution in [1.29, 1.82) is 0 Å². The van der Waals surface area contributed by atoms with Crippen LogP contribution in [0.3, 0.4) is 0 Å². The average Bonchev–Trinajstić information content (AvgIpc) is 3.27. The molecule has 3 aromatic rings. The number of unbranched alkanes of at least 4 members (excludes halogenated alkanes) is 1. The van der Waals surface area contributed by atoms with E-state index in [-0.39, 0.29) is 23.5 Å². The summed E-state index contributed by atoms with van der Waals surface area (Å²) >= 11 is 2.78. The molecular weight excluding hydrogens is 484 g/mol. The molecule has 0 aliphatic rings. The number of ether oxygens (including phenoxy) is 1. The van der Waals surface area contributed by atoms with Crippen molar-refractivity contribution in [2.24, 2.45) is 0 Å². The Morgan fingerprint density at radius 3 is 2.31 bits per heavy atom. The van der Waals surface area contributed by atoms with Crippen LogP contribution in [-0.4, -0.2) is 35.1 Å². The molecule has 0 bridgehead atoms. The van der Waals surface area contributed by atoms with Gasteiger partial charge in [-0.15, -0.1) is 23.1 Å². The normalized spacial score (nSPS) is 10.5. The number of amides is 3. The number of thioether (sulfide) groups is 1. The average molecular weight is 513 g/mol. The molecule has 0 radical (unpaired) electrons. The van der Waals surface area contributed by atoms with Crippen molar-refractivity contribution in [3.63, 3.8) is 0 Å². The van der Waals surface area contributed by atoms with Gasteiger partial charge in [-0.1, -0.05) is 13.3 Å². The van der Waals surface area contributed by atoms with Crippen LogP contribution in [-0.2, 0) is 15.3 Å². The van der Waals surface area contributed by atoms with Crippen molar-refractivity contribution < 1.29 is 19.1 Å². The molecule has 1 aromatic heterocycles. The van der Waals surface area contributed by atoms with E-state index in [0.717, 1.165) is 24.3 Å². The first-order valence-electron chi connectivity index (χ1n) is 11.2. The first-order chi connectivity index (χ1) is 16.9. The summed E-state index contributed by atoms with van der Waals surface area (Å²) in [6.07, 6.45) is 2.06. The molecule has 2 aromatic carbocycles. The van der Waals surface area contributed by atoms with Crippen molar-refractivity contribution in [2.45, 2.75) is 32.4 Å². The minimum Gasteiger partial charge on any atom is -0.494 e. The molecule has 0 atom stereocenters. The molecule has 3 N–H and O–H groups in total. The third-order valence-corrected chi connectivity index (χ3v) is 6.40. The van der Waals surface area contributed by atoms with Crippen LogP contribution >= 0.6 is 23.1 Å². The highest BCUT2D eigenvalue weighted by Gasteiger charge is 2.10. The van der Waals surface area contributed by atoms with Crippen molar-refractivity contribution in [2.75, 3.05) is 28.3 Å². The fourth-order valence-electron chi connectivity index (χ4n) is 2.92. The first kappa shape index (κ1) is 26.2. The van der Waals surface area contributed by atoms with E-state index in [9.17, 15) is 14.4 Å². The first-order valence-corrected chi connectivity index (χ1v) is 13.2. The summed E-state index contributed by atoms with van der Waals surface area (Å²) in [6, 6.07) is 14.0. The van der Waals surface area contributed by atoms with Gasteiger partial charge in [0.05, 0.1) is 18.1 Å². The molecule has 0 aliphatic carbocycles. The van der Waals surface area contributed by atoms with Crippen molar-refractivity contribution >= 4 is 57.3 Å². The van der Waals surface area contributed by atoms with Crippen LogP contribution in [0.25, 0.3) is 0 Å². The minimum atomic E-state index is -0.234. The summed E-state index contributed by atoms with van der Waals surface area (Å²) in [5.74, 6) is 1.04. The van der Waals surface area contributed by atoms with E-state index in [0.29, 0.717) is 34.4 Å². The summed E-state index contributed by atoms with van der Waals surface area (Å²) in [5, 5.41) is 10.7. The standard InChI is InChI=1S/C25H28N4O4S2/c1-3-4-13-33-22-11-5-18(6-12-22)24(32)29-25-28-21(15-35-25)14-34-16-23(31)27-20-9-7-19(8-10-20)26-17(2)30/h5-12,15H,3-4,13-14,16H2,1-2H3,(H,26,30)(H,27,31)(H,28,29,32). The summed E-state index contributed by atoms with van der Waals surface area (Å²) < 4.78 is 5.62. The van der Waals surface area contributed by atoms with E-state index in [1.54, 1.807) is 48.5 Å². The minimum absolute atomic E-state index is 0.131. The summed E-state index contributed by atoms with van der Waals surface area (Å²) in [5.41, 5.74) is 2.65. The number of benzene rings is 2. The predicted octanol–water partition coefficient (Wildman–Crippen LogP) is 5.40. The molecule has 184 valence electrons. The topological polar surface area (TPSA) is 109 Å². The largest absolute Gasteiger partial charge is 0.494 e. The van der Waals surface area contributed by atoms with Crippen molar-refractivity contribution in [3.05, 3.63) is 65.2 Å².